The van der Waals surface area contributed by atoms with Crippen LogP contribution in [0.4, 0.5) is 5.69 Å². The molecule has 5 nitrogen and oxygen atoms in total. The molecule has 0 saturated carbocycles. The molecule has 1 amide bonds. The lowest BCUT2D eigenvalue weighted by atomic mass is 10.0. The Morgan fingerprint density at radius 1 is 1.29 bits per heavy atom. The fourth-order valence-electron chi connectivity index (χ4n) is 3.63. The van der Waals surface area contributed by atoms with Crippen LogP contribution in [0.5, 0.6) is 5.75 Å². The van der Waals surface area contributed by atoms with Crippen LogP contribution >= 0.6 is 35.1 Å². The molecule has 0 saturated heterocycles. The Kier molecular flexibility index (Phi) is 5.04. The molecule has 0 unspecified atom stereocenters. The molecular weight excluding hydrogens is 417 g/mol. The normalized spacial score (nSPS) is 13.3. The molecular formula is C20H17Cl2N3O2S. The van der Waals surface area contributed by atoms with Gasteiger partial charge in [-0.15, -0.1) is 0 Å². The Labute approximate surface area is 177 Å². The number of aromatic hydroxyl groups is 1. The smallest absolute Gasteiger partial charge is 0.258 e. The van der Waals surface area contributed by atoms with Gasteiger partial charge in [0.1, 0.15) is 5.52 Å². The molecule has 0 aliphatic carbocycles. The summed E-state index contributed by atoms with van der Waals surface area (Å²) in [6.07, 6.45) is 3.58. The number of halogens is 2. The topological polar surface area (TPSA) is 56.7 Å². The van der Waals surface area contributed by atoms with Gasteiger partial charge in [-0.1, -0.05) is 35.1 Å². The number of pyridine rings is 1. The number of amides is 1. The molecule has 4 rings (SSSR count). The summed E-state index contributed by atoms with van der Waals surface area (Å²) in [5.41, 5.74) is 3.27. The second kappa shape index (κ2) is 7.35. The van der Waals surface area contributed by atoms with Gasteiger partial charge in [0.15, 0.2) is 5.75 Å². The summed E-state index contributed by atoms with van der Waals surface area (Å²) in [7, 11) is 1.94. The van der Waals surface area contributed by atoms with E-state index in [1.54, 1.807) is 29.3 Å². The van der Waals surface area contributed by atoms with Crippen molar-refractivity contribution in [2.75, 3.05) is 17.6 Å². The van der Waals surface area contributed by atoms with Gasteiger partial charge in [-0.3, -0.25) is 9.78 Å². The number of benzene rings is 2. The average Bonchev–Trinajstić information content (AvgIpc) is 2.97. The van der Waals surface area contributed by atoms with Crippen LogP contribution < -0.4 is 4.31 Å². The van der Waals surface area contributed by atoms with Gasteiger partial charge in [0.05, 0.1) is 11.3 Å². The standard InChI is InChI=1S/C20H17Cl2N3O2S/c1-24(28-2)18-14-4-3-5-23-17(14)19(26)16-15(18)10-25(20(16)27)9-11-6-12(21)8-13(22)7-11/h3-8,26H,9-10H2,1-2H3. The molecule has 1 aliphatic heterocycles. The molecule has 144 valence electrons. The minimum absolute atomic E-state index is 0.0690. The summed E-state index contributed by atoms with van der Waals surface area (Å²) in [6, 6.07) is 8.97. The number of phenolic OH excluding ortho intramolecular Hbond substituents is 1. The molecule has 3 aromatic rings. The fraction of sp³-hybridized carbons (Fsp3) is 0.200. The Hall–Kier alpha value is -2.15. The lowest BCUT2D eigenvalue weighted by molar-refractivity contribution is 0.0764. The molecule has 1 N–H and O–H groups in total. The van der Waals surface area contributed by atoms with Crippen molar-refractivity contribution in [3.05, 3.63) is 63.3 Å². The third kappa shape index (κ3) is 3.15. The number of fused-ring (bicyclic) bond motifs is 2. The first-order valence-corrected chi connectivity index (χ1v) is 10.5. The van der Waals surface area contributed by atoms with Crippen LogP contribution in [0.15, 0.2) is 36.5 Å². The van der Waals surface area contributed by atoms with Gasteiger partial charge in [-0.2, -0.15) is 0 Å². The third-order valence-electron chi connectivity index (χ3n) is 4.85. The summed E-state index contributed by atoms with van der Waals surface area (Å²) < 4.78 is 2.00. The predicted molar refractivity (Wildman–Crippen MR) is 115 cm³/mol. The van der Waals surface area contributed by atoms with Crippen molar-refractivity contribution < 1.29 is 9.90 Å². The summed E-state index contributed by atoms with van der Waals surface area (Å²) >= 11 is 13.7. The lowest BCUT2D eigenvalue weighted by Gasteiger charge is -2.22. The number of rotatable bonds is 4. The van der Waals surface area contributed by atoms with E-state index in [1.165, 1.54) is 11.9 Å². The first kappa shape index (κ1) is 19.2. The Morgan fingerprint density at radius 2 is 2.00 bits per heavy atom. The van der Waals surface area contributed by atoms with E-state index in [4.69, 9.17) is 23.2 Å². The van der Waals surface area contributed by atoms with Crippen LogP contribution in [0.25, 0.3) is 10.9 Å². The van der Waals surface area contributed by atoms with Gasteiger partial charge in [-0.25, -0.2) is 0 Å². The number of hydrogen-bond acceptors (Lipinski definition) is 5. The minimum Gasteiger partial charge on any atom is -0.505 e. The molecule has 2 heterocycles. The Bertz CT molecular complexity index is 1090. The van der Waals surface area contributed by atoms with Gasteiger partial charge in [0.2, 0.25) is 0 Å². The Balaban J connectivity index is 1.83. The number of phenols is 1. The van der Waals surface area contributed by atoms with Crippen molar-refractivity contribution in [1.82, 2.24) is 9.88 Å². The number of aromatic nitrogens is 1. The summed E-state index contributed by atoms with van der Waals surface area (Å²) in [4.78, 5) is 19.1. The van der Waals surface area contributed by atoms with Gasteiger partial charge >= 0.3 is 0 Å². The monoisotopic (exact) mass is 433 g/mol. The highest BCUT2D eigenvalue weighted by molar-refractivity contribution is 7.99. The fourth-order valence-corrected chi connectivity index (χ4v) is 4.60. The maximum absolute atomic E-state index is 13.1. The van der Waals surface area contributed by atoms with Gasteiger partial charge in [-0.05, 0) is 35.9 Å². The molecule has 0 fully saturated rings. The molecule has 1 aliphatic rings. The number of carbonyl (C=O) groups is 1. The van der Waals surface area contributed by atoms with Gasteiger partial charge in [0.25, 0.3) is 5.91 Å². The van der Waals surface area contributed by atoms with Crippen LogP contribution in [-0.2, 0) is 13.1 Å². The molecule has 1 aromatic heterocycles. The van der Waals surface area contributed by atoms with E-state index in [0.717, 1.165) is 22.2 Å². The zero-order valence-corrected chi connectivity index (χ0v) is 17.6. The number of carbonyl (C=O) groups excluding carboxylic acids is 1. The largest absolute Gasteiger partial charge is 0.505 e. The molecule has 0 radical (unpaired) electrons. The first-order valence-electron chi connectivity index (χ1n) is 8.55. The van der Waals surface area contributed by atoms with Crippen molar-refractivity contribution in [3.63, 3.8) is 0 Å². The van der Waals surface area contributed by atoms with Gasteiger partial charge < -0.3 is 14.3 Å². The van der Waals surface area contributed by atoms with Crippen molar-refractivity contribution in [2.45, 2.75) is 13.1 Å². The maximum Gasteiger partial charge on any atom is 0.258 e. The second-order valence-electron chi connectivity index (χ2n) is 6.57. The van der Waals surface area contributed by atoms with Crippen LogP contribution in [-0.4, -0.2) is 34.2 Å². The van der Waals surface area contributed by atoms with E-state index in [9.17, 15) is 9.90 Å². The van der Waals surface area contributed by atoms with Crippen molar-refractivity contribution in [1.29, 1.82) is 0 Å². The zero-order chi connectivity index (χ0) is 20.0. The SMILES string of the molecule is CSN(C)c1c2c(c(O)c3ncccc13)C(=O)N(Cc1cc(Cl)cc(Cl)c1)C2. The average molecular weight is 434 g/mol. The number of anilines is 1. The Morgan fingerprint density at radius 3 is 2.68 bits per heavy atom. The summed E-state index contributed by atoms with van der Waals surface area (Å²) in [6.45, 7) is 0.732. The first-order chi connectivity index (χ1) is 13.4. The van der Waals surface area contributed by atoms with Crippen LogP contribution in [0.2, 0.25) is 10.0 Å². The van der Waals surface area contributed by atoms with Gasteiger partial charge in [0, 0.05) is 53.6 Å². The predicted octanol–water partition coefficient (Wildman–Crippen LogP) is 5.12. The van der Waals surface area contributed by atoms with E-state index >= 15 is 0 Å². The van der Waals surface area contributed by atoms with E-state index in [0.29, 0.717) is 34.2 Å². The molecule has 8 heteroatoms. The van der Waals surface area contributed by atoms with Crippen molar-refractivity contribution in [3.8, 4) is 5.75 Å². The summed E-state index contributed by atoms with van der Waals surface area (Å²) in [5, 5.41) is 12.7. The van der Waals surface area contributed by atoms with Crippen molar-refractivity contribution in [2.24, 2.45) is 0 Å². The van der Waals surface area contributed by atoms with Crippen LogP contribution in [0, 0.1) is 0 Å². The molecule has 0 spiro atoms. The lowest BCUT2D eigenvalue weighted by Crippen LogP contribution is -2.23. The zero-order valence-electron chi connectivity index (χ0n) is 15.2. The highest BCUT2D eigenvalue weighted by Gasteiger charge is 2.35. The van der Waals surface area contributed by atoms with E-state index < -0.39 is 0 Å². The second-order valence-corrected chi connectivity index (χ2v) is 8.36. The highest BCUT2D eigenvalue weighted by atomic mass is 35.5. The summed E-state index contributed by atoms with van der Waals surface area (Å²) in [5.74, 6) is -0.299. The molecule has 2 aromatic carbocycles. The molecule has 28 heavy (non-hydrogen) atoms. The van der Waals surface area contributed by atoms with E-state index in [1.807, 2.05) is 29.7 Å². The van der Waals surface area contributed by atoms with E-state index in [-0.39, 0.29) is 11.7 Å². The number of hydrogen-bond donors (Lipinski definition) is 1. The molecule has 0 bridgehead atoms. The van der Waals surface area contributed by atoms with E-state index in [2.05, 4.69) is 4.98 Å². The van der Waals surface area contributed by atoms with Crippen LogP contribution in [0.1, 0.15) is 21.5 Å². The minimum atomic E-state index is -0.230. The van der Waals surface area contributed by atoms with Crippen molar-refractivity contribution >= 4 is 57.6 Å². The highest BCUT2D eigenvalue weighted by Crippen LogP contribution is 2.45. The number of nitrogens with zero attached hydrogens (tertiary/aromatic N) is 3. The maximum atomic E-state index is 13.1. The quantitative estimate of drug-likeness (QED) is 0.578. The van der Waals surface area contributed by atoms with Crippen LogP contribution in [0.3, 0.4) is 0 Å². The molecule has 0 atom stereocenters. The third-order valence-corrected chi connectivity index (χ3v) is 6.01.